The van der Waals surface area contributed by atoms with Crippen LogP contribution in [0.4, 0.5) is 5.69 Å². The average Bonchev–Trinajstić information content (AvgIpc) is 2.46. The lowest BCUT2D eigenvalue weighted by atomic mass is 10.1. The molecule has 0 atom stereocenters. The second-order valence-corrected chi connectivity index (χ2v) is 5.68. The quantitative estimate of drug-likeness (QED) is 0.909. The van der Waals surface area contributed by atoms with Gasteiger partial charge in [0.1, 0.15) is 0 Å². The third-order valence-electron chi connectivity index (χ3n) is 3.05. The highest BCUT2D eigenvalue weighted by molar-refractivity contribution is 6.31. The maximum atomic E-state index is 12.2. The number of anilines is 1. The molecule has 2 aromatic rings. The third kappa shape index (κ3) is 3.90. The van der Waals surface area contributed by atoms with Gasteiger partial charge in [-0.05, 0) is 29.8 Å². The lowest BCUT2D eigenvalue weighted by Gasteiger charge is -2.16. The van der Waals surface area contributed by atoms with Crippen molar-refractivity contribution in [1.29, 1.82) is 0 Å². The van der Waals surface area contributed by atoms with E-state index in [9.17, 15) is 4.79 Å². The molecule has 0 unspecified atom stereocenters. The number of halogens is 2. The molecule has 0 fully saturated rings. The maximum Gasteiger partial charge on any atom is 0.255 e. The van der Waals surface area contributed by atoms with Gasteiger partial charge in [-0.3, -0.25) is 4.79 Å². The predicted octanol–water partition coefficient (Wildman–Crippen LogP) is 4.31. The van der Waals surface area contributed by atoms with Crippen LogP contribution in [0.3, 0.4) is 0 Å². The molecule has 0 saturated carbocycles. The van der Waals surface area contributed by atoms with Crippen molar-refractivity contribution in [1.82, 2.24) is 4.90 Å². The first kappa shape index (κ1) is 15.7. The highest BCUT2D eigenvalue weighted by Crippen LogP contribution is 2.24. The molecule has 110 valence electrons. The number of hydrogen-bond acceptors (Lipinski definition) is 2. The van der Waals surface area contributed by atoms with Crippen molar-refractivity contribution in [2.24, 2.45) is 0 Å². The Morgan fingerprint density at radius 1 is 1.14 bits per heavy atom. The van der Waals surface area contributed by atoms with Crippen LogP contribution in [0, 0.1) is 0 Å². The van der Waals surface area contributed by atoms with Gasteiger partial charge in [0.2, 0.25) is 0 Å². The topological polar surface area (TPSA) is 32.3 Å². The minimum Gasteiger partial charge on any atom is -0.380 e. The number of nitrogens with zero attached hydrogens (tertiary/aromatic N) is 1. The summed E-state index contributed by atoms with van der Waals surface area (Å²) in [5.74, 6) is -0.0756. The maximum absolute atomic E-state index is 12.2. The molecule has 2 rings (SSSR count). The van der Waals surface area contributed by atoms with E-state index in [0.29, 0.717) is 27.8 Å². The van der Waals surface area contributed by atoms with Crippen LogP contribution in [0.1, 0.15) is 15.9 Å². The molecular weight excluding hydrogens is 307 g/mol. The van der Waals surface area contributed by atoms with Crippen LogP contribution in [-0.4, -0.2) is 24.9 Å². The Bertz CT molecular complexity index is 656. The molecule has 21 heavy (non-hydrogen) atoms. The van der Waals surface area contributed by atoms with Gasteiger partial charge in [0.05, 0.1) is 5.56 Å². The van der Waals surface area contributed by atoms with Crippen LogP contribution in [0.2, 0.25) is 10.0 Å². The normalized spacial score (nSPS) is 10.3. The average molecular weight is 323 g/mol. The highest BCUT2D eigenvalue weighted by atomic mass is 35.5. The number of carbonyl (C=O) groups is 1. The SMILES string of the molecule is CN(C)C(=O)c1ccc(Cl)cc1NCc1ccccc1Cl. The van der Waals surface area contributed by atoms with E-state index in [1.165, 1.54) is 4.90 Å². The molecule has 0 aromatic heterocycles. The minimum atomic E-state index is -0.0756. The summed E-state index contributed by atoms with van der Waals surface area (Å²) in [6.45, 7) is 0.522. The summed E-state index contributed by atoms with van der Waals surface area (Å²) in [5, 5.41) is 4.49. The number of hydrogen-bond donors (Lipinski definition) is 1. The molecular formula is C16H16Cl2N2O. The summed E-state index contributed by atoms with van der Waals surface area (Å²) >= 11 is 12.2. The summed E-state index contributed by atoms with van der Waals surface area (Å²) in [4.78, 5) is 13.7. The zero-order valence-electron chi connectivity index (χ0n) is 11.9. The number of nitrogens with one attached hydrogen (secondary N) is 1. The summed E-state index contributed by atoms with van der Waals surface area (Å²) in [7, 11) is 3.43. The van der Waals surface area contributed by atoms with Crippen LogP contribution < -0.4 is 5.32 Å². The fraction of sp³-hybridized carbons (Fsp3) is 0.188. The minimum absolute atomic E-state index is 0.0756. The van der Waals surface area contributed by atoms with E-state index >= 15 is 0 Å². The molecule has 1 N–H and O–H groups in total. The molecule has 0 heterocycles. The largest absolute Gasteiger partial charge is 0.380 e. The Hall–Kier alpha value is -1.71. The van der Waals surface area contributed by atoms with Crippen molar-refractivity contribution < 1.29 is 4.79 Å². The molecule has 0 saturated heterocycles. The van der Waals surface area contributed by atoms with Crippen molar-refractivity contribution in [3.63, 3.8) is 0 Å². The van der Waals surface area contributed by atoms with Crippen molar-refractivity contribution in [3.8, 4) is 0 Å². The number of rotatable bonds is 4. The van der Waals surface area contributed by atoms with Gasteiger partial charge >= 0.3 is 0 Å². The van der Waals surface area contributed by atoms with Gasteiger partial charge in [0.25, 0.3) is 5.91 Å². The van der Waals surface area contributed by atoms with E-state index in [-0.39, 0.29) is 5.91 Å². The van der Waals surface area contributed by atoms with Crippen LogP contribution in [0.15, 0.2) is 42.5 Å². The first-order chi connectivity index (χ1) is 9.99. The first-order valence-corrected chi connectivity index (χ1v) is 7.23. The third-order valence-corrected chi connectivity index (χ3v) is 3.65. The highest BCUT2D eigenvalue weighted by Gasteiger charge is 2.13. The zero-order valence-corrected chi connectivity index (χ0v) is 13.4. The van der Waals surface area contributed by atoms with E-state index in [1.807, 2.05) is 24.3 Å². The Labute approximate surface area is 134 Å². The van der Waals surface area contributed by atoms with Gasteiger partial charge in [0.15, 0.2) is 0 Å². The monoisotopic (exact) mass is 322 g/mol. The van der Waals surface area contributed by atoms with Crippen molar-refractivity contribution >= 4 is 34.8 Å². The molecule has 0 aliphatic carbocycles. The van der Waals surface area contributed by atoms with Gasteiger partial charge in [-0.1, -0.05) is 41.4 Å². The second kappa shape index (κ2) is 6.83. The summed E-state index contributed by atoms with van der Waals surface area (Å²) in [6, 6.07) is 12.8. The molecule has 0 aliphatic heterocycles. The van der Waals surface area contributed by atoms with Gasteiger partial charge in [-0.25, -0.2) is 0 Å². The fourth-order valence-corrected chi connectivity index (χ4v) is 2.30. The van der Waals surface area contributed by atoms with E-state index < -0.39 is 0 Å². The summed E-state index contributed by atoms with van der Waals surface area (Å²) < 4.78 is 0. The molecule has 0 aliphatic rings. The smallest absolute Gasteiger partial charge is 0.255 e. The van der Waals surface area contributed by atoms with Gasteiger partial charge in [-0.2, -0.15) is 0 Å². The Morgan fingerprint density at radius 3 is 2.52 bits per heavy atom. The Balaban J connectivity index is 2.25. The van der Waals surface area contributed by atoms with Crippen LogP contribution in [-0.2, 0) is 6.54 Å². The number of amides is 1. The summed E-state index contributed by atoms with van der Waals surface area (Å²) in [6.07, 6.45) is 0. The summed E-state index contributed by atoms with van der Waals surface area (Å²) in [5.41, 5.74) is 2.24. The molecule has 0 spiro atoms. The van der Waals surface area contributed by atoms with Crippen molar-refractivity contribution in [2.75, 3.05) is 19.4 Å². The molecule has 3 nitrogen and oxygen atoms in total. The molecule has 5 heteroatoms. The second-order valence-electron chi connectivity index (χ2n) is 4.83. The lowest BCUT2D eigenvalue weighted by molar-refractivity contribution is 0.0828. The predicted molar refractivity (Wildman–Crippen MR) is 88.2 cm³/mol. The van der Waals surface area contributed by atoms with E-state index in [2.05, 4.69) is 5.32 Å². The van der Waals surface area contributed by atoms with E-state index in [1.54, 1.807) is 32.3 Å². The zero-order chi connectivity index (χ0) is 15.4. The molecule has 0 radical (unpaired) electrons. The van der Waals surface area contributed by atoms with Crippen molar-refractivity contribution in [2.45, 2.75) is 6.54 Å². The van der Waals surface area contributed by atoms with Crippen LogP contribution in [0.5, 0.6) is 0 Å². The van der Waals surface area contributed by atoms with Crippen LogP contribution >= 0.6 is 23.2 Å². The van der Waals surface area contributed by atoms with Gasteiger partial charge in [0, 0.05) is 36.4 Å². The fourth-order valence-electron chi connectivity index (χ4n) is 1.92. The Morgan fingerprint density at radius 2 is 1.86 bits per heavy atom. The lowest BCUT2D eigenvalue weighted by Crippen LogP contribution is -2.23. The van der Waals surface area contributed by atoms with Crippen molar-refractivity contribution in [3.05, 3.63) is 63.6 Å². The molecule has 1 amide bonds. The molecule has 2 aromatic carbocycles. The molecule has 0 bridgehead atoms. The number of benzene rings is 2. The number of carbonyl (C=O) groups excluding carboxylic acids is 1. The standard InChI is InChI=1S/C16H16Cl2N2O/c1-20(2)16(21)13-8-7-12(17)9-15(13)19-10-11-5-3-4-6-14(11)18/h3-9,19H,10H2,1-2H3. The van der Waals surface area contributed by atoms with Crippen LogP contribution in [0.25, 0.3) is 0 Å². The van der Waals surface area contributed by atoms with E-state index in [4.69, 9.17) is 23.2 Å². The van der Waals surface area contributed by atoms with Gasteiger partial charge < -0.3 is 10.2 Å². The van der Waals surface area contributed by atoms with Gasteiger partial charge in [-0.15, -0.1) is 0 Å². The first-order valence-electron chi connectivity index (χ1n) is 6.47. The Kier molecular flexibility index (Phi) is 5.10. The van der Waals surface area contributed by atoms with E-state index in [0.717, 1.165) is 5.56 Å².